The first-order valence-electron chi connectivity index (χ1n) is 7.50. The molecule has 2 N–H and O–H groups in total. The van der Waals surface area contributed by atoms with Gasteiger partial charge in [-0.25, -0.2) is 4.98 Å². The fourth-order valence-corrected chi connectivity index (χ4v) is 2.92. The zero-order valence-corrected chi connectivity index (χ0v) is 14.0. The van der Waals surface area contributed by atoms with E-state index < -0.39 is 0 Å². The van der Waals surface area contributed by atoms with Crippen LogP contribution in [-0.2, 0) is 5.75 Å². The van der Waals surface area contributed by atoms with Crippen LogP contribution >= 0.6 is 11.8 Å². The molecule has 1 amide bonds. The molecule has 1 atom stereocenters. The number of aromatic nitrogens is 4. The molecule has 0 spiro atoms. The minimum absolute atomic E-state index is 0.0674. The summed E-state index contributed by atoms with van der Waals surface area (Å²) in [6.07, 6.45) is 4.93. The molecule has 2 aromatic heterocycles. The maximum atomic E-state index is 12.3. The minimum Gasteiger partial charge on any atom is -0.346 e. The van der Waals surface area contributed by atoms with E-state index in [-0.39, 0.29) is 11.9 Å². The van der Waals surface area contributed by atoms with Crippen LogP contribution in [0.25, 0.3) is 0 Å². The van der Waals surface area contributed by atoms with E-state index >= 15 is 0 Å². The monoisotopic (exact) mass is 339 g/mol. The van der Waals surface area contributed by atoms with Gasteiger partial charge in [-0.15, -0.1) is 0 Å². The predicted molar refractivity (Wildman–Crippen MR) is 92.5 cm³/mol. The Balaban J connectivity index is 1.57. The van der Waals surface area contributed by atoms with Crippen LogP contribution in [0, 0.1) is 0 Å². The molecule has 0 aliphatic carbocycles. The highest BCUT2D eigenvalue weighted by Crippen LogP contribution is 2.19. The number of hydrogen-bond acceptors (Lipinski definition) is 5. The average Bonchev–Trinajstić information content (AvgIpc) is 3.14. The van der Waals surface area contributed by atoms with E-state index in [2.05, 4.69) is 25.5 Å². The van der Waals surface area contributed by atoms with Crippen molar-refractivity contribution in [1.29, 1.82) is 0 Å². The Labute approximate surface area is 144 Å². The maximum Gasteiger partial charge on any atom is 0.251 e. The number of carbonyl (C=O) groups is 1. The highest BCUT2D eigenvalue weighted by Gasteiger charge is 2.11. The maximum absolute atomic E-state index is 12.3. The number of amides is 1. The summed E-state index contributed by atoms with van der Waals surface area (Å²) in [6, 6.07) is 11.3. The van der Waals surface area contributed by atoms with Gasteiger partial charge in [-0.2, -0.15) is 5.10 Å². The Kier molecular flexibility index (Phi) is 5.22. The molecule has 3 rings (SSSR count). The van der Waals surface area contributed by atoms with Gasteiger partial charge in [0.15, 0.2) is 5.16 Å². The third-order valence-electron chi connectivity index (χ3n) is 3.54. The average molecular weight is 339 g/mol. The van der Waals surface area contributed by atoms with Crippen LogP contribution < -0.4 is 5.32 Å². The van der Waals surface area contributed by atoms with Gasteiger partial charge in [-0.1, -0.05) is 23.9 Å². The normalized spacial score (nSPS) is 11.9. The molecule has 2 heterocycles. The minimum atomic E-state index is -0.0891. The highest BCUT2D eigenvalue weighted by molar-refractivity contribution is 7.98. The van der Waals surface area contributed by atoms with E-state index in [1.54, 1.807) is 24.2 Å². The van der Waals surface area contributed by atoms with E-state index in [1.165, 1.54) is 6.33 Å². The first-order valence-corrected chi connectivity index (χ1v) is 8.49. The fourth-order valence-electron chi connectivity index (χ4n) is 2.18. The van der Waals surface area contributed by atoms with E-state index in [0.717, 1.165) is 22.0 Å². The molecule has 7 heteroatoms. The van der Waals surface area contributed by atoms with Crippen LogP contribution in [0.5, 0.6) is 0 Å². The van der Waals surface area contributed by atoms with E-state index in [4.69, 9.17) is 0 Å². The molecule has 24 heavy (non-hydrogen) atoms. The second-order valence-corrected chi connectivity index (χ2v) is 6.22. The zero-order chi connectivity index (χ0) is 16.8. The van der Waals surface area contributed by atoms with Crippen molar-refractivity contribution >= 4 is 17.7 Å². The molecule has 0 saturated heterocycles. The zero-order valence-electron chi connectivity index (χ0n) is 13.1. The van der Waals surface area contributed by atoms with Crippen molar-refractivity contribution in [2.45, 2.75) is 23.9 Å². The fraction of sp³-hybridized carbons (Fsp3) is 0.176. The van der Waals surface area contributed by atoms with Crippen molar-refractivity contribution in [1.82, 2.24) is 25.5 Å². The smallest absolute Gasteiger partial charge is 0.251 e. The first kappa shape index (κ1) is 16.2. The number of nitrogens with zero attached hydrogens (tertiary/aromatic N) is 3. The Hall–Kier alpha value is -2.67. The molecular formula is C17H17N5OS. The lowest BCUT2D eigenvalue weighted by Crippen LogP contribution is -2.26. The largest absolute Gasteiger partial charge is 0.346 e. The summed E-state index contributed by atoms with van der Waals surface area (Å²) in [6.45, 7) is 1.95. The number of pyridine rings is 1. The summed E-state index contributed by atoms with van der Waals surface area (Å²) in [5.74, 6) is 0.679. The van der Waals surface area contributed by atoms with Crippen LogP contribution in [0.1, 0.15) is 34.5 Å². The lowest BCUT2D eigenvalue weighted by molar-refractivity contribution is 0.0940. The van der Waals surface area contributed by atoms with Crippen LogP contribution in [0.3, 0.4) is 0 Å². The van der Waals surface area contributed by atoms with Crippen molar-refractivity contribution in [3.63, 3.8) is 0 Å². The standard InChI is InChI=1S/C17H17N5OS/c1-12(14-6-8-18-9-7-14)21-16(23)15-4-2-13(3-5-15)10-24-17-19-11-20-22-17/h2-9,11-12H,10H2,1H3,(H,21,23)(H,19,20,22). The molecule has 1 unspecified atom stereocenters. The number of rotatable bonds is 6. The van der Waals surface area contributed by atoms with E-state index in [0.29, 0.717) is 5.56 Å². The summed E-state index contributed by atoms with van der Waals surface area (Å²) < 4.78 is 0. The predicted octanol–water partition coefficient (Wildman–Crippen LogP) is 2.98. The van der Waals surface area contributed by atoms with Crippen molar-refractivity contribution in [3.05, 3.63) is 71.8 Å². The topological polar surface area (TPSA) is 83.6 Å². The molecule has 0 radical (unpaired) electrons. The highest BCUT2D eigenvalue weighted by atomic mass is 32.2. The molecule has 0 aliphatic heterocycles. The van der Waals surface area contributed by atoms with Gasteiger partial charge < -0.3 is 5.32 Å². The molecule has 3 aromatic rings. The Morgan fingerprint density at radius 1 is 1.21 bits per heavy atom. The number of thioether (sulfide) groups is 1. The molecule has 0 bridgehead atoms. The summed E-state index contributed by atoms with van der Waals surface area (Å²) in [5, 5.41) is 10.4. The van der Waals surface area contributed by atoms with Gasteiger partial charge >= 0.3 is 0 Å². The second kappa shape index (κ2) is 7.74. The first-order chi connectivity index (χ1) is 11.7. The summed E-state index contributed by atoms with van der Waals surface area (Å²) >= 11 is 1.57. The van der Waals surface area contributed by atoms with Gasteiger partial charge in [0.25, 0.3) is 5.91 Å². The van der Waals surface area contributed by atoms with Crippen molar-refractivity contribution < 1.29 is 4.79 Å². The lowest BCUT2D eigenvalue weighted by atomic mass is 10.1. The van der Waals surface area contributed by atoms with Crippen LogP contribution in [-0.4, -0.2) is 26.1 Å². The van der Waals surface area contributed by atoms with E-state index in [9.17, 15) is 4.79 Å². The number of benzene rings is 1. The Morgan fingerprint density at radius 3 is 2.62 bits per heavy atom. The van der Waals surface area contributed by atoms with Crippen molar-refractivity contribution in [2.75, 3.05) is 0 Å². The number of hydrogen-bond donors (Lipinski definition) is 2. The molecule has 1 aromatic carbocycles. The van der Waals surface area contributed by atoms with Gasteiger partial charge in [0, 0.05) is 23.7 Å². The number of H-pyrrole nitrogens is 1. The summed E-state index contributed by atoms with van der Waals surface area (Å²) in [7, 11) is 0. The SMILES string of the molecule is CC(NC(=O)c1ccc(CSc2ncn[nH]2)cc1)c1ccncc1. The molecule has 0 fully saturated rings. The van der Waals surface area contributed by atoms with Crippen molar-refractivity contribution in [2.24, 2.45) is 0 Å². The molecule has 122 valence electrons. The van der Waals surface area contributed by atoms with Crippen LogP contribution in [0.4, 0.5) is 0 Å². The summed E-state index contributed by atoms with van der Waals surface area (Å²) in [4.78, 5) is 20.4. The quantitative estimate of drug-likeness (QED) is 0.675. The third-order valence-corrected chi connectivity index (χ3v) is 4.49. The van der Waals surface area contributed by atoms with Crippen LogP contribution in [0.15, 0.2) is 60.3 Å². The van der Waals surface area contributed by atoms with Gasteiger partial charge in [-0.05, 0) is 42.3 Å². The number of aromatic amines is 1. The van der Waals surface area contributed by atoms with Crippen molar-refractivity contribution in [3.8, 4) is 0 Å². The van der Waals surface area contributed by atoms with Gasteiger partial charge in [-0.3, -0.25) is 14.9 Å². The second-order valence-electron chi connectivity index (χ2n) is 5.25. The molecule has 0 aliphatic rings. The van der Waals surface area contributed by atoms with Crippen LogP contribution in [0.2, 0.25) is 0 Å². The number of nitrogens with one attached hydrogen (secondary N) is 2. The third kappa shape index (κ3) is 4.20. The Bertz CT molecular complexity index is 775. The molecule has 6 nitrogen and oxygen atoms in total. The lowest BCUT2D eigenvalue weighted by Gasteiger charge is -2.14. The van der Waals surface area contributed by atoms with Gasteiger partial charge in [0.05, 0.1) is 6.04 Å². The van der Waals surface area contributed by atoms with E-state index in [1.807, 2.05) is 43.3 Å². The van der Waals surface area contributed by atoms with Gasteiger partial charge in [0.1, 0.15) is 6.33 Å². The van der Waals surface area contributed by atoms with Gasteiger partial charge in [0.2, 0.25) is 0 Å². The number of carbonyl (C=O) groups excluding carboxylic acids is 1. The summed E-state index contributed by atoms with van der Waals surface area (Å²) in [5.41, 5.74) is 2.79. The Morgan fingerprint density at radius 2 is 1.96 bits per heavy atom. The molecule has 0 saturated carbocycles. The molecular weight excluding hydrogens is 322 g/mol.